The average molecular weight is 138 g/mol. The van der Waals surface area contributed by atoms with Crippen molar-refractivity contribution in [3.05, 3.63) is 29.5 Å². The molecule has 1 N–H and O–H groups in total. The van der Waals surface area contributed by atoms with Gasteiger partial charge in [0.2, 0.25) is 0 Å². The van der Waals surface area contributed by atoms with Crippen LogP contribution in [-0.4, -0.2) is 24.9 Å². The summed E-state index contributed by atoms with van der Waals surface area (Å²) < 4.78 is 5.05. The third-order valence-corrected chi connectivity index (χ3v) is 1.16. The molecule has 0 aromatic carbocycles. The van der Waals surface area contributed by atoms with Crippen molar-refractivity contribution in [3.63, 3.8) is 0 Å². The lowest BCUT2D eigenvalue weighted by Gasteiger charge is -1.98. The van der Waals surface area contributed by atoms with Crippen LogP contribution < -0.4 is 0 Å². The van der Waals surface area contributed by atoms with Crippen molar-refractivity contribution >= 4 is 0 Å². The average Bonchev–Trinajstić information content (AvgIpc) is 2.41. The highest BCUT2D eigenvalue weighted by atomic mass is 16.5. The molecule has 1 aliphatic rings. The highest BCUT2D eigenvalue weighted by molar-refractivity contribution is 5.29. The SMILES string of the molecule is OCCOCC1=C=CC=C1. The molecule has 0 radical (unpaired) electrons. The molecule has 0 amide bonds. The second kappa shape index (κ2) is 4.07. The first-order valence-electron chi connectivity index (χ1n) is 3.24. The van der Waals surface area contributed by atoms with Crippen molar-refractivity contribution in [1.82, 2.24) is 0 Å². The smallest absolute Gasteiger partial charge is 0.0790 e. The van der Waals surface area contributed by atoms with Crippen molar-refractivity contribution in [2.45, 2.75) is 0 Å². The van der Waals surface area contributed by atoms with Gasteiger partial charge in [-0.2, -0.15) is 0 Å². The van der Waals surface area contributed by atoms with Crippen LogP contribution in [-0.2, 0) is 4.74 Å². The summed E-state index contributed by atoms with van der Waals surface area (Å²) >= 11 is 0. The number of ether oxygens (including phenoxy) is 1. The van der Waals surface area contributed by atoms with Gasteiger partial charge < -0.3 is 9.84 Å². The molecule has 0 atom stereocenters. The lowest BCUT2D eigenvalue weighted by Crippen LogP contribution is -2.00. The van der Waals surface area contributed by atoms with Crippen LogP contribution in [0.1, 0.15) is 0 Å². The maximum Gasteiger partial charge on any atom is 0.0790 e. The van der Waals surface area contributed by atoms with Crippen LogP contribution in [0.2, 0.25) is 0 Å². The third kappa shape index (κ3) is 2.19. The fraction of sp³-hybridized carbons (Fsp3) is 0.375. The van der Waals surface area contributed by atoms with Crippen LogP contribution >= 0.6 is 0 Å². The molecule has 54 valence electrons. The first-order chi connectivity index (χ1) is 4.93. The van der Waals surface area contributed by atoms with Crippen LogP contribution in [0.3, 0.4) is 0 Å². The topological polar surface area (TPSA) is 29.5 Å². The molecule has 0 aliphatic heterocycles. The minimum atomic E-state index is 0.0840. The lowest BCUT2D eigenvalue weighted by molar-refractivity contribution is 0.109. The van der Waals surface area contributed by atoms with Gasteiger partial charge in [-0.15, -0.1) is 5.73 Å². The predicted molar refractivity (Wildman–Crippen MR) is 38.6 cm³/mol. The number of hydrogen-bond donors (Lipinski definition) is 1. The van der Waals surface area contributed by atoms with Gasteiger partial charge in [0, 0.05) is 5.57 Å². The van der Waals surface area contributed by atoms with Crippen molar-refractivity contribution in [1.29, 1.82) is 0 Å². The predicted octanol–water partition coefficient (Wildman–Crippen LogP) is 0.647. The molecule has 0 heterocycles. The Morgan fingerprint density at radius 2 is 2.50 bits per heavy atom. The number of allylic oxidation sites excluding steroid dienone is 1. The standard InChI is InChI=1S/C8H10O2/c9-5-6-10-7-8-3-1-2-4-8/h1-3,9H,5-7H2. The molecule has 2 nitrogen and oxygen atoms in total. The van der Waals surface area contributed by atoms with E-state index >= 15 is 0 Å². The van der Waals surface area contributed by atoms with E-state index in [-0.39, 0.29) is 6.61 Å². The van der Waals surface area contributed by atoms with E-state index in [1.807, 2.05) is 18.2 Å². The van der Waals surface area contributed by atoms with Crippen LogP contribution in [0.5, 0.6) is 0 Å². The van der Waals surface area contributed by atoms with Gasteiger partial charge in [0.25, 0.3) is 0 Å². The van der Waals surface area contributed by atoms with Gasteiger partial charge in [0.1, 0.15) is 0 Å². The van der Waals surface area contributed by atoms with Crippen molar-refractivity contribution in [2.24, 2.45) is 0 Å². The minimum absolute atomic E-state index is 0.0840. The number of aliphatic hydroxyl groups excluding tert-OH is 1. The molecule has 2 heteroatoms. The quantitative estimate of drug-likeness (QED) is 0.456. The molecule has 1 aliphatic carbocycles. The van der Waals surface area contributed by atoms with E-state index < -0.39 is 0 Å². The summed E-state index contributed by atoms with van der Waals surface area (Å²) in [4.78, 5) is 0. The molecule has 0 saturated carbocycles. The number of hydrogen-bond acceptors (Lipinski definition) is 2. The van der Waals surface area contributed by atoms with E-state index in [2.05, 4.69) is 5.73 Å². The molecule has 0 saturated heterocycles. The Labute approximate surface area is 60.1 Å². The molecule has 10 heavy (non-hydrogen) atoms. The maximum absolute atomic E-state index is 8.36. The Morgan fingerprint density at radius 1 is 1.60 bits per heavy atom. The minimum Gasteiger partial charge on any atom is -0.394 e. The van der Waals surface area contributed by atoms with Crippen molar-refractivity contribution in [3.8, 4) is 0 Å². The summed E-state index contributed by atoms with van der Waals surface area (Å²) in [7, 11) is 0. The lowest BCUT2D eigenvalue weighted by atomic mass is 10.3. The van der Waals surface area contributed by atoms with Gasteiger partial charge in [0.05, 0.1) is 19.8 Å². The van der Waals surface area contributed by atoms with Gasteiger partial charge in [0.15, 0.2) is 0 Å². The fourth-order valence-electron chi connectivity index (χ4n) is 0.704. The number of aliphatic hydroxyl groups is 1. The molecule has 0 bridgehead atoms. The highest BCUT2D eigenvalue weighted by Gasteiger charge is 1.92. The first-order valence-corrected chi connectivity index (χ1v) is 3.24. The fourth-order valence-corrected chi connectivity index (χ4v) is 0.704. The Morgan fingerprint density at radius 3 is 3.10 bits per heavy atom. The normalized spacial score (nSPS) is 14.3. The van der Waals surface area contributed by atoms with Gasteiger partial charge in [-0.3, -0.25) is 0 Å². The Hall–Kier alpha value is -0.820. The highest BCUT2D eigenvalue weighted by Crippen LogP contribution is 2.01. The van der Waals surface area contributed by atoms with Gasteiger partial charge in [-0.05, 0) is 12.2 Å². The largest absolute Gasteiger partial charge is 0.394 e. The van der Waals surface area contributed by atoms with Gasteiger partial charge in [-0.25, -0.2) is 0 Å². The summed E-state index contributed by atoms with van der Waals surface area (Å²) in [6.07, 6.45) is 5.70. The third-order valence-electron chi connectivity index (χ3n) is 1.16. The van der Waals surface area contributed by atoms with E-state index in [9.17, 15) is 0 Å². The Kier molecular flexibility index (Phi) is 2.97. The zero-order chi connectivity index (χ0) is 7.23. The monoisotopic (exact) mass is 138 g/mol. The van der Waals surface area contributed by atoms with Gasteiger partial charge in [-0.1, -0.05) is 6.08 Å². The summed E-state index contributed by atoms with van der Waals surface area (Å²) in [5, 5.41) is 8.36. The zero-order valence-corrected chi connectivity index (χ0v) is 5.71. The van der Waals surface area contributed by atoms with Crippen LogP contribution in [0, 0.1) is 0 Å². The van der Waals surface area contributed by atoms with Crippen molar-refractivity contribution < 1.29 is 9.84 Å². The summed E-state index contributed by atoms with van der Waals surface area (Å²) in [6, 6.07) is 0. The van der Waals surface area contributed by atoms with Crippen LogP contribution in [0.4, 0.5) is 0 Å². The Balaban J connectivity index is 2.15. The van der Waals surface area contributed by atoms with E-state index in [0.29, 0.717) is 13.2 Å². The van der Waals surface area contributed by atoms with E-state index in [0.717, 1.165) is 5.57 Å². The molecule has 0 unspecified atom stereocenters. The Bertz CT molecular complexity index is 185. The van der Waals surface area contributed by atoms with Crippen LogP contribution in [0.25, 0.3) is 0 Å². The second-order valence-electron chi connectivity index (χ2n) is 1.97. The van der Waals surface area contributed by atoms with Crippen LogP contribution in [0.15, 0.2) is 29.5 Å². The maximum atomic E-state index is 8.36. The molecular weight excluding hydrogens is 128 g/mol. The number of rotatable bonds is 4. The molecule has 0 aromatic heterocycles. The van der Waals surface area contributed by atoms with E-state index in [1.54, 1.807) is 0 Å². The van der Waals surface area contributed by atoms with Crippen molar-refractivity contribution in [2.75, 3.05) is 19.8 Å². The summed E-state index contributed by atoms with van der Waals surface area (Å²) in [5.74, 6) is 0. The zero-order valence-electron chi connectivity index (χ0n) is 5.71. The van der Waals surface area contributed by atoms with E-state index in [1.165, 1.54) is 0 Å². The first kappa shape index (κ1) is 7.29. The molecule has 1 rings (SSSR count). The second-order valence-corrected chi connectivity index (χ2v) is 1.97. The molecule has 0 aromatic rings. The summed E-state index contributed by atoms with van der Waals surface area (Å²) in [6.45, 7) is 1.04. The van der Waals surface area contributed by atoms with Gasteiger partial charge >= 0.3 is 0 Å². The molecular formula is C8H10O2. The summed E-state index contributed by atoms with van der Waals surface area (Å²) in [5.41, 5.74) is 4.03. The van der Waals surface area contributed by atoms with E-state index in [4.69, 9.17) is 9.84 Å². The molecule has 0 fully saturated rings. The molecule has 0 spiro atoms.